The number of rotatable bonds is 7. The molecule has 29 heavy (non-hydrogen) atoms. The van der Waals surface area contributed by atoms with Crippen LogP contribution in [0, 0.1) is 0 Å². The molecule has 2 aromatic carbocycles. The second-order valence-electron chi connectivity index (χ2n) is 7.79. The monoisotopic (exact) mass is 396 g/mol. The number of nitrogens with one attached hydrogen (secondary N) is 1. The van der Waals surface area contributed by atoms with Gasteiger partial charge in [-0.1, -0.05) is 12.1 Å². The van der Waals surface area contributed by atoms with Crippen LogP contribution in [-0.2, 0) is 16.1 Å². The molecular weight excluding hydrogens is 364 g/mol. The first-order valence-corrected chi connectivity index (χ1v) is 10.1. The largest absolute Gasteiger partial charge is 0.378 e. The SMILES string of the molecule is C[C@H](C(=O)Nc1ccc(N2CCOCC2)cc1)N(C)Cc1ccc(N(C)C)cc1. The lowest BCUT2D eigenvalue weighted by atomic mass is 10.1. The number of carbonyl (C=O) groups excluding carboxylic acids is 1. The van der Waals surface area contributed by atoms with Gasteiger partial charge in [0.25, 0.3) is 0 Å². The van der Waals surface area contributed by atoms with Crippen LogP contribution in [0.15, 0.2) is 48.5 Å². The highest BCUT2D eigenvalue weighted by Gasteiger charge is 2.19. The Morgan fingerprint density at radius 3 is 2.24 bits per heavy atom. The molecule has 1 amide bonds. The lowest BCUT2D eigenvalue weighted by Crippen LogP contribution is -2.39. The third-order valence-corrected chi connectivity index (χ3v) is 5.44. The Hall–Kier alpha value is -2.57. The average Bonchev–Trinajstić information content (AvgIpc) is 2.74. The third kappa shape index (κ3) is 5.71. The van der Waals surface area contributed by atoms with Crippen molar-refractivity contribution in [1.82, 2.24) is 4.90 Å². The molecule has 1 aliphatic rings. The molecule has 156 valence electrons. The fraction of sp³-hybridized carbons (Fsp3) is 0.435. The number of amides is 1. The first-order valence-electron chi connectivity index (χ1n) is 10.1. The zero-order valence-electron chi connectivity index (χ0n) is 17.9. The zero-order chi connectivity index (χ0) is 20.8. The van der Waals surface area contributed by atoms with Crippen molar-refractivity contribution in [3.05, 3.63) is 54.1 Å². The van der Waals surface area contributed by atoms with Gasteiger partial charge in [-0.25, -0.2) is 0 Å². The van der Waals surface area contributed by atoms with E-state index in [1.165, 1.54) is 11.3 Å². The molecule has 0 spiro atoms. The first kappa shape index (κ1) is 21.1. The minimum atomic E-state index is -0.234. The van der Waals surface area contributed by atoms with E-state index in [1.54, 1.807) is 0 Å². The van der Waals surface area contributed by atoms with Gasteiger partial charge in [-0.3, -0.25) is 9.69 Å². The second-order valence-corrected chi connectivity index (χ2v) is 7.79. The molecule has 6 nitrogen and oxygen atoms in total. The lowest BCUT2D eigenvalue weighted by Gasteiger charge is -2.29. The minimum Gasteiger partial charge on any atom is -0.378 e. The van der Waals surface area contributed by atoms with E-state index in [-0.39, 0.29) is 11.9 Å². The number of anilines is 3. The van der Waals surface area contributed by atoms with Crippen LogP contribution < -0.4 is 15.1 Å². The molecule has 0 aromatic heterocycles. The molecule has 0 saturated carbocycles. The number of likely N-dealkylation sites (N-methyl/N-ethyl adjacent to an activating group) is 1. The van der Waals surface area contributed by atoms with Gasteiger partial charge in [0.1, 0.15) is 0 Å². The van der Waals surface area contributed by atoms with Crippen LogP contribution in [0.4, 0.5) is 17.1 Å². The molecule has 1 aliphatic heterocycles. The fourth-order valence-corrected chi connectivity index (χ4v) is 3.35. The normalized spacial score (nSPS) is 15.3. The Kier molecular flexibility index (Phi) is 7.12. The Morgan fingerprint density at radius 1 is 1.03 bits per heavy atom. The van der Waals surface area contributed by atoms with Gasteiger partial charge in [0.05, 0.1) is 19.3 Å². The van der Waals surface area contributed by atoms with Crippen LogP contribution in [-0.4, -0.2) is 64.3 Å². The number of hydrogen-bond acceptors (Lipinski definition) is 5. The molecule has 0 aliphatic carbocycles. The van der Waals surface area contributed by atoms with Crippen LogP contribution in [0.1, 0.15) is 12.5 Å². The smallest absolute Gasteiger partial charge is 0.241 e. The number of morpholine rings is 1. The van der Waals surface area contributed by atoms with Crippen molar-refractivity contribution in [3.8, 4) is 0 Å². The van der Waals surface area contributed by atoms with Crippen molar-refractivity contribution in [1.29, 1.82) is 0 Å². The van der Waals surface area contributed by atoms with Crippen LogP contribution >= 0.6 is 0 Å². The van der Waals surface area contributed by atoms with E-state index >= 15 is 0 Å². The maximum absolute atomic E-state index is 12.7. The average molecular weight is 397 g/mol. The van der Waals surface area contributed by atoms with E-state index in [0.29, 0.717) is 0 Å². The quantitative estimate of drug-likeness (QED) is 0.780. The van der Waals surface area contributed by atoms with Crippen LogP contribution in [0.25, 0.3) is 0 Å². The summed E-state index contributed by atoms with van der Waals surface area (Å²) < 4.78 is 5.40. The molecule has 3 rings (SSSR count). The van der Waals surface area contributed by atoms with Crippen molar-refractivity contribution >= 4 is 23.0 Å². The van der Waals surface area contributed by atoms with Gasteiger partial charge < -0.3 is 19.9 Å². The Labute approximate surface area is 174 Å². The predicted octanol–water partition coefficient (Wildman–Crippen LogP) is 3.05. The Balaban J connectivity index is 1.53. The van der Waals surface area contributed by atoms with Crippen molar-refractivity contribution in [3.63, 3.8) is 0 Å². The van der Waals surface area contributed by atoms with Gasteiger partial charge in [-0.2, -0.15) is 0 Å². The molecule has 2 aromatic rings. The van der Waals surface area contributed by atoms with Crippen LogP contribution in [0.5, 0.6) is 0 Å². The van der Waals surface area contributed by atoms with E-state index in [1.807, 2.05) is 40.2 Å². The van der Waals surface area contributed by atoms with E-state index in [9.17, 15) is 4.79 Å². The highest BCUT2D eigenvalue weighted by atomic mass is 16.5. The molecule has 0 radical (unpaired) electrons. The van der Waals surface area contributed by atoms with Crippen molar-refractivity contribution < 1.29 is 9.53 Å². The van der Waals surface area contributed by atoms with Gasteiger partial charge in [-0.15, -0.1) is 0 Å². The van der Waals surface area contributed by atoms with Crippen molar-refractivity contribution in [2.24, 2.45) is 0 Å². The lowest BCUT2D eigenvalue weighted by molar-refractivity contribution is -0.120. The third-order valence-electron chi connectivity index (χ3n) is 5.44. The van der Waals surface area contributed by atoms with E-state index < -0.39 is 0 Å². The molecule has 1 atom stereocenters. The maximum atomic E-state index is 12.7. The summed E-state index contributed by atoms with van der Waals surface area (Å²) >= 11 is 0. The van der Waals surface area contributed by atoms with Gasteiger partial charge in [-0.05, 0) is 55.9 Å². The molecular formula is C23H32N4O2. The second kappa shape index (κ2) is 9.76. The number of nitrogens with zero attached hydrogens (tertiary/aromatic N) is 3. The van der Waals surface area contributed by atoms with Crippen molar-refractivity contribution in [2.45, 2.75) is 19.5 Å². The molecule has 1 saturated heterocycles. The Bertz CT molecular complexity index is 784. The number of carbonyl (C=O) groups is 1. The summed E-state index contributed by atoms with van der Waals surface area (Å²) in [5.41, 5.74) is 4.34. The van der Waals surface area contributed by atoms with Crippen LogP contribution in [0.3, 0.4) is 0 Å². The standard InChI is InChI=1S/C23H32N4O2/c1-18(26(4)17-19-5-9-21(10-6-19)25(2)3)23(28)24-20-7-11-22(12-8-20)27-13-15-29-16-14-27/h5-12,18H,13-17H2,1-4H3,(H,24,28)/t18-/m1/s1. The summed E-state index contributed by atoms with van der Waals surface area (Å²) in [6, 6.07) is 16.2. The first-order chi connectivity index (χ1) is 13.9. The zero-order valence-corrected chi connectivity index (χ0v) is 17.9. The maximum Gasteiger partial charge on any atom is 0.241 e. The van der Waals surface area contributed by atoms with Gasteiger partial charge in [0.2, 0.25) is 5.91 Å². The number of ether oxygens (including phenoxy) is 1. The Morgan fingerprint density at radius 2 is 1.66 bits per heavy atom. The van der Waals surface area contributed by atoms with Gasteiger partial charge >= 0.3 is 0 Å². The van der Waals surface area contributed by atoms with E-state index in [0.717, 1.165) is 44.2 Å². The summed E-state index contributed by atoms with van der Waals surface area (Å²) in [4.78, 5) is 19.1. The highest BCUT2D eigenvalue weighted by Crippen LogP contribution is 2.20. The van der Waals surface area contributed by atoms with Crippen LogP contribution in [0.2, 0.25) is 0 Å². The van der Waals surface area contributed by atoms with Gasteiger partial charge in [0.15, 0.2) is 0 Å². The molecule has 1 heterocycles. The molecule has 1 fully saturated rings. The highest BCUT2D eigenvalue weighted by molar-refractivity contribution is 5.94. The number of hydrogen-bond donors (Lipinski definition) is 1. The summed E-state index contributed by atoms with van der Waals surface area (Å²) in [6.07, 6.45) is 0. The summed E-state index contributed by atoms with van der Waals surface area (Å²) in [5.74, 6) is -0.00321. The minimum absolute atomic E-state index is 0.00321. The summed E-state index contributed by atoms with van der Waals surface area (Å²) in [6.45, 7) is 6.00. The number of benzene rings is 2. The fourth-order valence-electron chi connectivity index (χ4n) is 3.35. The molecule has 0 unspecified atom stereocenters. The summed E-state index contributed by atoms with van der Waals surface area (Å²) in [7, 11) is 6.04. The molecule has 0 bridgehead atoms. The topological polar surface area (TPSA) is 48.1 Å². The molecule has 1 N–H and O–H groups in total. The van der Waals surface area contributed by atoms with Gasteiger partial charge in [0, 0.05) is 50.8 Å². The predicted molar refractivity (Wildman–Crippen MR) is 120 cm³/mol. The summed E-state index contributed by atoms with van der Waals surface area (Å²) in [5, 5.41) is 3.03. The van der Waals surface area contributed by atoms with E-state index in [4.69, 9.17) is 4.74 Å². The molecule has 6 heteroatoms. The van der Waals surface area contributed by atoms with Crippen molar-refractivity contribution in [2.75, 3.05) is 62.6 Å². The van der Waals surface area contributed by atoms with E-state index in [2.05, 4.69) is 56.4 Å².